The van der Waals surface area contributed by atoms with E-state index in [-0.39, 0.29) is 5.91 Å². The summed E-state index contributed by atoms with van der Waals surface area (Å²) in [5, 5.41) is 0. The van der Waals surface area contributed by atoms with E-state index in [2.05, 4.69) is 48.2 Å². The molecule has 0 spiro atoms. The van der Waals surface area contributed by atoms with Gasteiger partial charge in [0.25, 0.3) is 0 Å². The first kappa shape index (κ1) is 16.2. The summed E-state index contributed by atoms with van der Waals surface area (Å²) in [6.07, 6.45) is 2.19. The second-order valence-electron chi connectivity index (χ2n) is 5.59. The Hall–Kier alpha value is -2.13. The Morgan fingerprint density at radius 1 is 1.00 bits per heavy atom. The average molecular weight is 296 g/mol. The lowest BCUT2D eigenvalue weighted by Crippen LogP contribution is -2.34. The first-order chi connectivity index (χ1) is 10.7. The summed E-state index contributed by atoms with van der Waals surface area (Å²) in [6, 6.07) is 18.8. The Balaban J connectivity index is 2.03. The lowest BCUT2D eigenvalue weighted by molar-refractivity contribution is -0.119. The maximum atomic E-state index is 11.2. The number of amides is 1. The van der Waals surface area contributed by atoms with Gasteiger partial charge in [0.1, 0.15) is 0 Å². The van der Waals surface area contributed by atoms with Crippen LogP contribution in [-0.4, -0.2) is 23.9 Å². The molecule has 116 valence electrons. The average Bonchev–Trinajstić information content (AvgIpc) is 2.53. The van der Waals surface area contributed by atoms with E-state index in [4.69, 9.17) is 5.73 Å². The van der Waals surface area contributed by atoms with E-state index in [9.17, 15) is 4.79 Å². The predicted octanol–water partition coefficient (Wildman–Crippen LogP) is 3.44. The first-order valence-corrected chi connectivity index (χ1v) is 7.84. The second-order valence-corrected chi connectivity index (χ2v) is 5.59. The number of nitrogens with two attached hydrogens (primary N) is 1. The molecule has 0 unspecified atom stereocenters. The monoisotopic (exact) mass is 296 g/mol. The summed E-state index contributed by atoms with van der Waals surface area (Å²) in [6.45, 7) is 4.13. The molecule has 2 N–H and O–H groups in total. The number of rotatable bonds is 8. The molecule has 0 aliphatic carbocycles. The van der Waals surface area contributed by atoms with Crippen LogP contribution < -0.4 is 5.73 Å². The van der Waals surface area contributed by atoms with E-state index in [1.165, 1.54) is 16.7 Å². The minimum atomic E-state index is -0.267. The van der Waals surface area contributed by atoms with Gasteiger partial charge in [-0.1, -0.05) is 67.9 Å². The Labute approximate surface area is 132 Å². The fourth-order valence-electron chi connectivity index (χ4n) is 2.51. The summed E-state index contributed by atoms with van der Waals surface area (Å²) in [4.78, 5) is 13.3. The molecule has 0 aromatic heterocycles. The molecule has 2 aromatic carbocycles. The molecular formula is C19H24N2O. The van der Waals surface area contributed by atoms with Crippen LogP contribution in [0.15, 0.2) is 54.6 Å². The maximum absolute atomic E-state index is 11.2. The molecule has 1 amide bonds. The molecule has 3 heteroatoms. The Morgan fingerprint density at radius 2 is 1.64 bits per heavy atom. The zero-order chi connectivity index (χ0) is 15.8. The molecule has 0 saturated carbocycles. The molecular weight excluding hydrogens is 272 g/mol. The van der Waals surface area contributed by atoms with Gasteiger partial charge in [-0.05, 0) is 29.7 Å². The van der Waals surface area contributed by atoms with Crippen LogP contribution in [0.25, 0.3) is 11.1 Å². The van der Waals surface area contributed by atoms with Gasteiger partial charge in [0.15, 0.2) is 0 Å². The van der Waals surface area contributed by atoms with Crippen molar-refractivity contribution in [2.45, 2.75) is 26.3 Å². The third-order valence-corrected chi connectivity index (χ3v) is 3.67. The predicted molar refractivity (Wildman–Crippen MR) is 91.3 cm³/mol. The standard InChI is InChI=1S/C19H24N2O/c1-2-3-13-21(15-19(20)22)14-16-9-11-18(12-10-16)17-7-5-4-6-8-17/h4-12H,2-3,13-15H2,1H3,(H2,20,22). The van der Waals surface area contributed by atoms with Gasteiger partial charge in [-0.2, -0.15) is 0 Å². The van der Waals surface area contributed by atoms with E-state index in [1.54, 1.807) is 0 Å². The van der Waals surface area contributed by atoms with Crippen LogP contribution in [0.5, 0.6) is 0 Å². The Bertz CT molecular complexity index is 578. The summed E-state index contributed by atoms with van der Waals surface area (Å²) < 4.78 is 0. The van der Waals surface area contributed by atoms with Crippen molar-refractivity contribution in [3.05, 3.63) is 60.2 Å². The lowest BCUT2D eigenvalue weighted by atomic mass is 10.0. The minimum absolute atomic E-state index is 0.267. The number of benzene rings is 2. The number of primary amides is 1. The van der Waals surface area contributed by atoms with Crippen molar-refractivity contribution < 1.29 is 4.79 Å². The second kappa shape index (κ2) is 8.35. The molecule has 0 radical (unpaired) electrons. The van der Waals surface area contributed by atoms with E-state index >= 15 is 0 Å². The molecule has 0 aliphatic heterocycles. The van der Waals surface area contributed by atoms with Crippen LogP contribution in [-0.2, 0) is 11.3 Å². The number of unbranched alkanes of at least 4 members (excludes halogenated alkanes) is 1. The van der Waals surface area contributed by atoms with Crippen molar-refractivity contribution in [3.63, 3.8) is 0 Å². The largest absolute Gasteiger partial charge is 0.369 e. The molecule has 0 fully saturated rings. The van der Waals surface area contributed by atoms with E-state index < -0.39 is 0 Å². The third-order valence-electron chi connectivity index (χ3n) is 3.67. The molecule has 0 atom stereocenters. The molecule has 0 heterocycles. The highest BCUT2D eigenvalue weighted by Gasteiger charge is 2.08. The fraction of sp³-hybridized carbons (Fsp3) is 0.316. The lowest BCUT2D eigenvalue weighted by Gasteiger charge is -2.20. The van der Waals surface area contributed by atoms with Crippen molar-refractivity contribution in [2.75, 3.05) is 13.1 Å². The Kier molecular flexibility index (Phi) is 6.16. The van der Waals surface area contributed by atoms with Gasteiger partial charge >= 0.3 is 0 Å². The number of carbonyl (C=O) groups is 1. The van der Waals surface area contributed by atoms with Crippen molar-refractivity contribution >= 4 is 5.91 Å². The van der Waals surface area contributed by atoms with Crippen molar-refractivity contribution in [1.82, 2.24) is 4.90 Å². The summed E-state index contributed by atoms with van der Waals surface area (Å²) in [5.41, 5.74) is 8.97. The van der Waals surface area contributed by atoms with Crippen LogP contribution in [0.4, 0.5) is 0 Å². The van der Waals surface area contributed by atoms with Crippen LogP contribution in [0.1, 0.15) is 25.3 Å². The highest BCUT2D eigenvalue weighted by atomic mass is 16.1. The molecule has 2 rings (SSSR count). The van der Waals surface area contributed by atoms with Gasteiger partial charge in [-0.15, -0.1) is 0 Å². The zero-order valence-corrected chi connectivity index (χ0v) is 13.2. The highest BCUT2D eigenvalue weighted by Crippen LogP contribution is 2.19. The number of hydrogen-bond acceptors (Lipinski definition) is 2. The summed E-state index contributed by atoms with van der Waals surface area (Å²) in [7, 11) is 0. The molecule has 22 heavy (non-hydrogen) atoms. The normalized spacial score (nSPS) is 10.8. The SMILES string of the molecule is CCCCN(CC(N)=O)Cc1ccc(-c2ccccc2)cc1. The van der Waals surface area contributed by atoms with Gasteiger partial charge in [-0.3, -0.25) is 9.69 Å². The van der Waals surface area contributed by atoms with Crippen molar-refractivity contribution in [1.29, 1.82) is 0 Å². The maximum Gasteiger partial charge on any atom is 0.231 e. The molecule has 3 nitrogen and oxygen atoms in total. The third kappa shape index (κ3) is 5.01. The molecule has 0 bridgehead atoms. The minimum Gasteiger partial charge on any atom is -0.369 e. The number of hydrogen-bond donors (Lipinski definition) is 1. The quantitative estimate of drug-likeness (QED) is 0.811. The van der Waals surface area contributed by atoms with Crippen LogP contribution in [0.2, 0.25) is 0 Å². The topological polar surface area (TPSA) is 46.3 Å². The van der Waals surface area contributed by atoms with E-state index in [0.717, 1.165) is 25.9 Å². The number of carbonyl (C=O) groups excluding carboxylic acids is 1. The van der Waals surface area contributed by atoms with E-state index in [1.807, 2.05) is 18.2 Å². The van der Waals surface area contributed by atoms with Gasteiger partial charge in [0.05, 0.1) is 6.54 Å². The molecule has 0 saturated heterocycles. The van der Waals surface area contributed by atoms with Crippen LogP contribution in [0.3, 0.4) is 0 Å². The zero-order valence-electron chi connectivity index (χ0n) is 13.2. The van der Waals surface area contributed by atoms with Crippen LogP contribution in [0, 0.1) is 0 Å². The van der Waals surface area contributed by atoms with Crippen LogP contribution >= 0.6 is 0 Å². The Morgan fingerprint density at radius 3 is 2.23 bits per heavy atom. The van der Waals surface area contributed by atoms with E-state index in [0.29, 0.717) is 6.54 Å². The van der Waals surface area contributed by atoms with Crippen molar-refractivity contribution in [3.8, 4) is 11.1 Å². The highest BCUT2D eigenvalue weighted by molar-refractivity contribution is 5.75. The van der Waals surface area contributed by atoms with Crippen molar-refractivity contribution in [2.24, 2.45) is 5.73 Å². The van der Waals surface area contributed by atoms with Gasteiger partial charge in [-0.25, -0.2) is 0 Å². The summed E-state index contributed by atoms with van der Waals surface area (Å²) in [5.74, 6) is -0.267. The number of nitrogens with zero attached hydrogens (tertiary/aromatic N) is 1. The first-order valence-electron chi connectivity index (χ1n) is 7.84. The fourth-order valence-corrected chi connectivity index (χ4v) is 2.51. The molecule has 0 aliphatic rings. The van der Waals surface area contributed by atoms with Gasteiger partial charge in [0.2, 0.25) is 5.91 Å². The summed E-state index contributed by atoms with van der Waals surface area (Å²) >= 11 is 0. The smallest absolute Gasteiger partial charge is 0.231 e. The molecule has 2 aromatic rings. The van der Waals surface area contributed by atoms with Gasteiger partial charge < -0.3 is 5.73 Å². The van der Waals surface area contributed by atoms with Gasteiger partial charge in [0, 0.05) is 6.54 Å².